The van der Waals surface area contributed by atoms with E-state index in [1.165, 1.54) is 10.9 Å². The maximum Gasteiger partial charge on any atom is 0.234 e. The highest BCUT2D eigenvalue weighted by molar-refractivity contribution is 5.97. The van der Waals surface area contributed by atoms with E-state index in [1.807, 2.05) is 20.0 Å². The number of para-hydroxylation sites is 1. The number of H-pyrrole nitrogens is 1. The van der Waals surface area contributed by atoms with Gasteiger partial charge in [-0.25, -0.2) is 0 Å². The number of carbonyl (C=O) groups excluding carboxylic acids is 1. The average Bonchev–Trinajstić information content (AvgIpc) is 3.13. The van der Waals surface area contributed by atoms with E-state index in [9.17, 15) is 4.79 Å². The minimum absolute atomic E-state index is 0.0567. The first-order valence-corrected chi connectivity index (χ1v) is 9.03. The summed E-state index contributed by atoms with van der Waals surface area (Å²) in [5.74, 6) is 0.738. The van der Waals surface area contributed by atoms with Gasteiger partial charge >= 0.3 is 0 Å². The molecule has 0 bridgehead atoms. The van der Waals surface area contributed by atoms with Crippen molar-refractivity contribution < 1.29 is 4.79 Å². The summed E-state index contributed by atoms with van der Waals surface area (Å²) in [7, 11) is 1.89. The highest BCUT2D eigenvalue weighted by Gasteiger charge is 2.30. The zero-order valence-electron chi connectivity index (χ0n) is 15.0. The van der Waals surface area contributed by atoms with Crippen LogP contribution in [0.25, 0.3) is 10.9 Å². The molecule has 0 saturated heterocycles. The Kier molecular flexibility index (Phi) is 3.86. The number of aromatic amines is 1. The topological polar surface area (TPSA) is 62.7 Å². The van der Waals surface area contributed by atoms with Crippen LogP contribution in [0.15, 0.2) is 24.3 Å². The van der Waals surface area contributed by atoms with Gasteiger partial charge in [0, 0.05) is 29.2 Å². The molecule has 3 aromatic rings. The summed E-state index contributed by atoms with van der Waals surface area (Å²) in [6.45, 7) is 4.11. The molecule has 0 saturated carbocycles. The third-order valence-corrected chi connectivity index (χ3v) is 5.39. The van der Waals surface area contributed by atoms with Gasteiger partial charge in [-0.15, -0.1) is 0 Å². The Morgan fingerprint density at radius 2 is 2.20 bits per heavy atom. The number of hydrogen-bond acceptors (Lipinski definition) is 2. The maximum absolute atomic E-state index is 13.0. The number of aromatic nitrogens is 3. The van der Waals surface area contributed by atoms with Crippen LogP contribution in [0.1, 0.15) is 48.2 Å². The molecule has 5 heteroatoms. The van der Waals surface area contributed by atoms with Crippen molar-refractivity contribution in [2.45, 2.75) is 45.4 Å². The Balaban J connectivity index is 1.68. The summed E-state index contributed by atoms with van der Waals surface area (Å²) in [4.78, 5) is 16.5. The lowest BCUT2D eigenvalue weighted by atomic mass is 9.86. The number of nitrogens with zero attached hydrogens (tertiary/aromatic N) is 2. The summed E-state index contributed by atoms with van der Waals surface area (Å²) >= 11 is 0. The van der Waals surface area contributed by atoms with E-state index in [0.29, 0.717) is 0 Å². The summed E-state index contributed by atoms with van der Waals surface area (Å²) in [6.07, 6.45) is 3.82. The van der Waals surface area contributed by atoms with E-state index in [-0.39, 0.29) is 11.8 Å². The van der Waals surface area contributed by atoms with Gasteiger partial charge in [0.2, 0.25) is 5.91 Å². The fourth-order valence-corrected chi connectivity index (χ4v) is 4.08. The van der Waals surface area contributed by atoms with Crippen molar-refractivity contribution in [1.82, 2.24) is 14.8 Å². The summed E-state index contributed by atoms with van der Waals surface area (Å²) in [6, 6.07) is 8.32. The second-order valence-electron chi connectivity index (χ2n) is 6.89. The molecule has 0 radical (unpaired) electrons. The minimum Gasteiger partial charge on any atom is -0.357 e. The number of carbonyl (C=O) groups is 1. The molecule has 1 atom stereocenters. The average molecular weight is 336 g/mol. The van der Waals surface area contributed by atoms with Crippen molar-refractivity contribution in [2.75, 3.05) is 5.32 Å². The van der Waals surface area contributed by atoms with Gasteiger partial charge in [0.05, 0.1) is 11.6 Å². The number of fused-ring (bicyclic) bond motifs is 3. The molecule has 0 spiro atoms. The van der Waals surface area contributed by atoms with E-state index in [2.05, 4.69) is 40.5 Å². The standard InChI is InChI=1S/C20H24N4O/c1-4-16-12(2)19(24(3)23-16)22-20(25)15-10-7-9-14-13-8-5-6-11-17(13)21-18(14)15/h5-6,8,11,15,21H,4,7,9-10H2,1-3H3,(H,22,25). The van der Waals surface area contributed by atoms with Gasteiger partial charge in [0.25, 0.3) is 0 Å². The highest BCUT2D eigenvalue weighted by Crippen LogP contribution is 2.36. The molecular formula is C20H24N4O. The summed E-state index contributed by atoms with van der Waals surface area (Å²) in [5, 5.41) is 8.88. The molecule has 130 valence electrons. The Labute approximate surface area is 147 Å². The van der Waals surface area contributed by atoms with Crippen LogP contribution in [0, 0.1) is 6.92 Å². The number of benzene rings is 1. The van der Waals surface area contributed by atoms with Crippen LogP contribution in [0.3, 0.4) is 0 Å². The van der Waals surface area contributed by atoms with E-state index in [0.717, 1.165) is 54.0 Å². The van der Waals surface area contributed by atoms with Crippen molar-refractivity contribution in [3.8, 4) is 0 Å². The van der Waals surface area contributed by atoms with E-state index >= 15 is 0 Å². The summed E-state index contributed by atoms with van der Waals surface area (Å²) in [5.41, 5.74) is 5.61. The molecule has 1 aliphatic rings. The van der Waals surface area contributed by atoms with Gasteiger partial charge in [-0.05, 0) is 44.2 Å². The van der Waals surface area contributed by atoms with Gasteiger partial charge in [-0.1, -0.05) is 25.1 Å². The molecule has 4 rings (SSSR count). The Morgan fingerprint density at radius 3 is 2.96 bits per heavy atom. The molecule has 25 heavy (non-hydrogen) atoms. The molecular weight excluding hydrogens is 312 g/mol. The van der Waals surface area contributed by atoms with Crippen molar-refractivity contribution >= 4 is 22.6 Å². The van der Waals surface area contributed by atoms with Crippen molar-refractivity contribution in [3.05, 3.63) is 46.8 Å². The zero-order valence-corrected chi connectivity index (χ0v) is 15.0. The normalized spacial score (nSPS) is 16.8. The smallest absolute Gasteiger partial charge is 0.234 e. The lowest BCUT2D eigenvalue weighted by Gasteiger charge is -2.22. The molecule has 0 fully saturated rings. The second kappa shape index (κ2) is 6.06. The Hall–Kier alpha value is -2.56. The first kappa shape index (κ1) is 15.9. The third kappa shape index (κ3) is 2.54. The zero-order chi connectivity index (χ0) is 17.6. The SMILES string of the molecule is CCc1nn(C)c(NC(=O)C2CCCc3c2[nH]c2ccccc32)c1C. The van der Waals surface area contributed by atoms with Crippen molar-refractivity contribution in [2.24, 2.45) is 7.05 Å². The molecule has 2 heterocycles. The van der Waals surface area contributed by atoms with Crippen LogP contribution < -0.4 is 5.32 Å². The highest BCUT2D eigenvalue weighted by atomic mass is 16.2. The van der Waals surface area contributed by atoms with Gasteiger partial charge in [-0.3, -0.25) is 9.48 Å². The number of anilines is 1. The van der Waals surface area contributed by atoms with Gasteiger partial charge in [0.1, 0.15) is 5.82 Å². The van der Waals surface area contributed by atoms with Crippen LogP contribution in [-0.2, 0) is 24.7 Å². The molecule has 2 N–H and O–H groups in total. The van der Waals surface area contributed by atoms with E-state index in [4.69, 9.17) is 0 Å². The monoisotopic (exact) mass is 336 g/mol. The van der Waals surface area contributed by atoms with Gasteiger partial charge < -0.3 is 10.3 Å². The lowest BCUT2D eigenvalue weighted by Crippen LogP contribution is -2.26. The first-order valence-electron chi connectivity index (χ1n) is 9.03. The third-order valence-electron chi connectivity index (χ3n) is 5.39. The number of aryl methyl sites for hydroxylation is 3. The fraction of sp³-hybridized carbons (Fsp3) is 0.400. The second-order valence-corrected chi connectivity index (χ2v) is 6.89. The summed E-state index contributed by atoms with van der Waals surface area (Å²) < 4.78 is 1.78. The molecule has 1 unspecified atom stereocenters. The first-order chi connectivity index (χ1) is 12.1. The molecule has 0 aliphatic heterocycles. The fourth-order valence-electron chi connectivity index (χ4n) is 4.08. The molecule has 5 nitrogen and oxygen atoms in total. The largest absolute Gasteiger partial charge is 0.357 e. The molecule has 1 amide bonds. The number of rotatable bonds is 3. The Bertz CT molecular complexity index is 950. The van der Waals surface area contributed by atoms with Crippen LogP contribution in [0.2, 0.25) is 0 Å². The number of hydrogen-bond donors (Lipinski definition) is 2. The minimum atomic E-state index is -0.129. The van der Waals surface area contributed by atoms with E-state index in [1.54, 1.807) is 4.68 Å². The Morgan fingerprint density at radius 1 is 1.40 bits per heavy atom. The quantitative estimate of drug-likeness (QED) is 0.763. The number of nitrogens with one attached hydrogen (secondary N) is 2. The molecule has 1 aliphatic carbocycles. The van der Waals surface area contributed by atoms with Crippen LogP contribution in [-0.4, -0.2) is 20.7 Å². The number of amides is 1. The van der Waals surface area contributed by atoms with Crippen molar-refractivity contribution in [1.29, 1.82) is 0 Å². The predicted octanol–water partition coefficient (Wildman–Crippen LogP) is 3.83. The van der Waals surface area contributed by atoms with Crippen molar-refractivity contribution in [3.63, 3.8) is 0 Å². The van der Waals surface area contributed by atoms with Crippen LogP contribution >= 0.6 is 0 Å². The predicted molar refractivity (Wildman–Crippen MR) is 99.9 cm³/mol. The van der Waals surface area contributed by atoms with Gasteiger partial charge in [0.15, 0.2) is 0 Å². The molecule has 2 aromatic heterocycles. The van der Waals surface area contributed by atoms with Crippen LogP contribution in [0.5, 0.6) is 0 Å². The van der Waals surface area contributed by atoms with Crippen LogP contribution in [0.4, 0.5) is 5.82 Å². The van der Waals surface area contributed by atoms with Gasteiger partial charge in [-0.2, -0.15) is 5.10 Å². The van der Waals surface area contributed by atoms with E-state index < -0.39 is 0 Å². The lowest BCUT2D eigenvalue weighted by molar-refractivity contribution is -0.118. The molecule has 1 aromatic carbocycles. The maximum atomic E-state index is 13.0.